The van der Waals surface area contributed by atoms with Gasteiger partial charge in [0.1, 0.15) is 16.7 Å². The van der Waals surface area contributed by atoms with Crippen LogP contribution in [0.1, 0.15) is 23.3 Å². The van der Waals surface area contributed by atoms with E-state index in [0.29, 0.717) is 18.7 Å². The predicted molar refractivity (Wildman–Crippen MR) is 77.1 cm³/mol. The SMILES string of the molecule is O=C(O)[C@H]1CCCN1C(=O)c1csc(-c2cccs2)n1. The standard InChI is InChI=1S/C13H12N2O3S2/c16-12(15-5-1-3-9(15)13(17)18)8-7-20-11(14-8)10-4-2-6-19-10/h2,4,6-7,9H,1,3,5H2,(H,17,18)/t9-/m1/s1. The van der Waals surface area contributed by atoms with Gasteiger partial charge >= 0.3 is 5.97 Å². The summed E-state index contributed by atoms with van der Waals surface area (Å²) in [6, 6.07) is 3.17. The Bertz CT molecular complexity index is 636. The molecule has 0 unspecified atom stereocenters. The lowest BCUT2D eigenvalue weighted by Crippen LogP contribution is -2.40. The van der Waals surface area contributed by atoms with Crippen LogP contribution >= 0.6 is 22.7 Å². The third-order valence-electron chi connectivity index (χ3n) is 3.25. The van der Waals surface area contributed by atoms with Crippen molar-refractivity contribution in [3.05, 3.63) is 28.6 Å². The van der Waals surface area contributed by atoms with Crippen molar-refractivity contribution in [2.75, 3.05) is 6.54 Å². The fourth-order valence-electron chi connectivity index (χ4n) is 2.30. The molecule has 2 aromatic heterocycles. The number of aromatic nitrogens is 1. The zero-order valence-corrected chi connectivity index (χ0v) is 12.1. The Morgan fingerprint density at radius 1 is 1.40 bits per heavy atom. The second-order valence-electron chi connectivity index (χ2n) is 4.51. The maximum absolute atomic E-state index is 12.4. The number of carboxylic acids is 1. The van der Waals surface area contributed by atoms with Gasteiger partial charge in [0.05, 0.1) is 4.88 Å². The monoisotopic (exact) mass is 308 g/mol. The molecule has 7 heteroatoms. The fourth-order valence-corrected chi connectivity index (χ4v) is 3.91. The molecule has 2 aromatic rings. The molecule has 1 aliphatic rings. The lowest BCUT2D eigenvalue weighted by atomic mass is 10.2. The quantitative estimate of drug-likeness (QED) is 0.946. The first-order valence-corrected chi connectivity index (χ1v) is 7.96. The summed E-state index contributed by atoms with van der Waals surface area (Å²) in [6.07, 6.45) is 1.24. The Balaban J connectivity index is 1.83. The van der Waals surface area contributed by atoms with Crippen LogP contribution in [0.4, 0.5) is 0 Å². The first-order valence-electron chi connectivity index (χ1n) is 6.20. The van der Waals surface area contributed by atoms with E-state index < -0.39 is 12.0 Å². The van der Waals surface area contributed by atoms with E-state index in [1.165, 1.54) is 16.2 Å². The van der Waals surface area contributed by atoms with E-state index in [2.05, 4.69) is 4.98 Å². The highest BCUT2D eigenvalue weighted by atomic mass is 32.1. The normalized spacial score (nSPS) is 18.4. The molecule has 20 heavy (non-hydrogen) atoms. The fraction of sp³-hybridized carbons (Fsp3) is 0.308. The van der Waals surface area contributed by atoms with Gasteiger partial charge in [0.2, 0.25) is 0 Å². The van der Waals surface area contributed by atoms with Crippen molar-refractivity contribution in [3.63, 3.8) is 0 Å². The molecule has 1 aliphatic heterocycles. The number of thiazole rings is 1. The summed E-state index contributed by atoms with van der Waals surface area (Å²) in [5.41, 5.74) is 0.339. The Labute approximate surface area is 123 Å². The highest BCUT2D eigenvalue weighted by molar-refractivity contribution is 7.20. The third-order valence-corrected chi connectivity index (χ3v) is 5.14. The van der Waals surface area contributed by atoms with Crippen molar-refractivity contribution < 1.29 is 14.7 Å². The number of aliphatic carboxylic acids is 1. The van der Waals surface area contributed by atoms with Crippen LogP contribution in [0.2, 0.25) is 0 Å². The zero-order valence-electron chi connectivity index (χ0n) is 10.5. The van der Waals surface area contributed by atoms with Gasteiger partial charge in [-0.05, 0) is 24.3 Å². The number of amides is 1. The number of carbonyl (C=O) groups is 2. The lowest BCUT2D eigenvalue weighted by Gasteiger charge is -2.20. The zero-order chi connectivity index (χ0) is 14.1. The summed E-state index contributed by atoms with van der Waals surface area (Å²) in [5, 5.41) is 13.6. The van der Waals surface area contributed by atoms with Gasteiger partial charge in [-0.15, -0.1) is 22.7 Å². The summed E-state index contributed by atoms with van der Waals surface area (Å²) in [7, 11) is 0. The van der Waals surface area contributed by atoms with Crippen LogP contribution in [0.5, 0.6) is 0 Å². The number of hydrogen-bond donors (Lipinski definition) is 1. The summed E-state index contributed by atoms with van der Waals surface area (Å²) in [4.78, 5) is 30.3. The summed E-state index contributed by atoms with van der Waals surface area (Å²) < 4.78 is 0. The van der Waals surface area contributed by atoms with Crippen LogP contribution in [0, 0.1) is 0 Å². The van der Waals surface area contributed by atoms with Crippen molar-refractivity contribution in [1.29, 1.82) is 0 Å². The van der Waals surface area contributed by atoms with Gasteiger partial charge < -0.3 is 10.0 Å². The number of thiophene rings is 1. The molecule has 3 heterocycles. The van der Waals surface area contributed by atoms with Crippen molar-refractivity contribution in [3.8, 4) is 9.88 Å². The van der Waals surface area contributed by atoms with Gasteiger partial charge in [-0.2, -0.15) is 0 Å². The molecule has 1 fully saturated rings. The van der Waals surface area contributed by atoms with E-state index in [9.17, 15) is 9.59 Å². The maximum Gasteiger partial charge on any atom is 0.326 e. The highest BCUT2D eigenvalue weighted by Crippen LogP contribution is 2.29. The predicted octanol–water partition coefficient (Wildman–Crippen LogP) is 2.56. The van der Waals surface area contributed by atoms with Gasteiger partial charge in [0.15, 0.2) is 0 Å². The van der Waals surface area contributed by atoms with Crippen LogP contribution < -0.4 is 0 Å². The van der Waals surface area contributed by atoms with Crippen LogP contribution in [-0.4, -0.2) is 39.5 Å². The summed E-state index contributed by atoms with van der Waals surface area (Å²) in [6.45, 7) is 0.488. The molecular formula is C13H12N2O3S2. The average molecular weight is 308 g/mol. The van der Waals surface area contributed by atoms with Crippen LogP contribution in [0.15, 0.2) is 22.9 Å². The number of carbonyl (C=O) groups excluding carboxylic acids is 1. The number of likely N-dealkylation sites (tertiary alicyclic amines) is 1. The second-order valence-corrected chi connectivity index (χ2v) is 6.32. The molecule has 3 rings (SSSR count). The number of carboxylic acid groups (broad SMARTS) is 1. The molecule has 0 radical (unpaired) electrons. The highest BCUT2D eigenvalue weighted by Gasteiger charge is 2.35. The molecule has 1 N–H and O–H groups in total. The van der Waals surface area contributed by atoms with E-state index in [-0.39, 0.29) is 5.91 Å². The van der Waals surface area contributed by atoms with Gasteiger partial charge in [0, 0.05) is 11.9 Å². The van der Waals surface area contributed by atoms with Crippen LogP contribution in [0.25, 0.3) is 9.88 Å². The lowest BCUT2D eigenvalue weighted by molar-refractivity contribution is -0.141. The van der Waals surface area contributed by atoms with Crippen LogP contribution in [0.3, 0.4) is 0 Å². The minimum absolute atomic E-state index is 0.283. The molecule has 0 bridgehead atoms. The molecule has 1 amide bonds. The molecule has 0 saturated carbocycles. The molecule has 0 spiro atoms. The molecule has 1 atom stereocenters. The van der Waals surface area contributed by atoms with Crippen molar-refractivity contribution >= 4 is 34.6 Å². The first-order chi connectivity index (χ1) is 9.66. The number of hydrogen-bond acceptors (Lipinski definition) is 5. The van der Waals surface area contributed by atoms with E-state index >= 15 is 0 Å². The van der Waals surface area contributed by atoms with E-state index in [1.54, 1.807) is 16.7 Å². The summed E-state index contributed by atoms with van der Waals surface area (Å²) in [5.74, 6) is -1.22. The molecule has 104 valence electrons. The largest absolute Gasteiger partial charge is 0.480 e. The van der Waals surface area contributed by atoms with Crippen molar-refractivity contribution in [2.45, 2.75) is 18.9 Å². The van der Waals surface area contributed by atoms with Crippen LogP contribution in [-0.2, 0) is 4.79 Å². The Morgan fingerprint density at radius 3 is 2.95 bits per heavy atom. The molecule has 0 aliphatic carbocycles. The topological polar surface area (TPSA) is 70.5 Å². The number of rotatable bonds is 3. The molecule has 5 nitrogen and oxygen atoms in total. The molecular weight excluding hydrogens is 296 g/mol. The Morgan fingerprint density at radius 2 is 2.25 bits per heavy atom. The average Bonchev–Trinajstić information content (AvgIpc) is 3.17. The first kappa shape index (κ1) is 13.3. The minimum Gasteiger partial charge on any atom is -0.480 e. The molecule has 0 aromatic carbocycles. The number of nitrogens with zero attached hydrogens (tertiary/aromatic N) is 2. The molecule has 1 saturated heterocycles. The van der Waals surface area contributed by atoms with Gasteiger partial charge in [-0.3, -0.25) is 4.79 Å². The van der Waals surface area contributed by atoms with E-state index in [0.717, 1.165) is 16.3 Å². The smallest absolute Gasteiger partial charge is 0.326 e. The van der Waals surface area contributed by atoms with Gasteiger partial charge in [-0.25, -0.2) is 9.78 Å². The Hall–Kier alpha value is -1.73. The van der Waals surface area contributed by atoms with Crippen molar-refractivity contribution in [2.24, 2.45) is 0 Å². The minimum atomic E-state index is -0.940. The van der Waals surface area contributed by atoms with Gasteiger partial charge in [-0.1, -0.05) is 6.07 Å². The van der Waals surface area contributed by atoms with E-state index in [1.807, 2.05) is 17.5 Å². The maximum atomic E-state index is 12.4. The Kier molecular flexibility index (Phi) is 3.54. The third kappa shape index (κ3) is 2.34. The summed E-state index contributed by atoms with van der Waals surface area (Å²) >= 11 is 2.98. The van der Waals surface area contributed by atoms with Crippen molar-refractivity contribution in [1.82, 2.24) is 9.88 Å². The van der Waals surface area contributed by atoms with E-state index in [4.69, 9.17) is 5.11 Å². The second kappa shape index (κ2) is 5.34. The van der Waals surface area contributed by atoms with Gasteiger partial charge in [0.25, 0.3) is 5.91 Å².